The number of aromatic nitrogens is 2. The number of rotatable bonds is 6. The fourth-order valence-corrected chi connectivity index (χ4v) is 4.86. The Labute approximate surface area is 189 Å². The Bertz CT molecular complexity index is 1260. The molecule has 0 bridgehead atoms. The van der Waals surface area contributed by atoms with Crippen LogP contribution in [0.4, 0.5) is 17.2 Å². The first-order valence-corrected chi connectivity index (χ1v) is 11.5. The molecule has 0 radical (unpaired) electrons. The molecule has 3 aromatic rings. The number of nitrogens with one attached hydrogen (secondary N) is 1. The lowest BCUT2D eigenvalue weighted by molar-refractivity contribution is -0.384. The van der Waals surface area contributed by atoms with Crippen LogP contribution in [0.25, 0.3) is 0 Å². The number of non-ortho nitro benzene ring substituents is 1. The Morgan fingerprint density at radius 1 is 1.03 bits per heavy atom. The molecular formula is C21H20N6O5S. The predicted molar refractivity (Wildman–Crippen MR) is 120 cm³/mol. The van der Waals surface area contributed by atoms with E-state index in [0.717, 1.165) is 0 Å². The number of hydrogen-bond acceptors (Lipinski definition) is 8. The first-order chi connectivity index (χ1) is 15.8. The molecule has 12 heteroatoms. The minimum atomic E-state index is -3.70. The Morgan fingerprint density at radius 3 is 2.39 bits per heavy atom. The number of piperazine rings is 1. The summed E-state index contributed by atoms with van der Waals surface area (Å²) in [5.41, 5.74) is 0.309. The lowest BCUT2D eigenvalue weighted by atomic mass is 10.2. The molecule has 1 fully saturated rings. The summed E-state index contributed by atoms with van der Waals surface area (Å²) < 4.78 is 27.4. The number of anilines is 2. The van der Waals surface area contributed by atoms with Gasteiger partial charge in [0.1, 0.15) is 5.82 Å². The van der Waals surface area contributed by atoms with Crippen molar-refractivity contribution in [2.75, 3.05) is 36.4 Å². The molecule has 4 rings (SSSR count). The third kappa shape index (κ3) is 4.96. The van der Waals surface area contributed by atoms with Gasteiger partial charge in [-0.25, -0.2) is 13.4 Å². The standard InChI is InChI=1S/C21H20N6O5S/c28-21(16-2-1-3-18(14-16)27(29)30)24-17-4-6-19(7-5-17)33(31,32)26-12-10-25(11-13-26)20-15-22-8-9-23-20/h1-9,14-15H,10-13H2,(H,24,28). The summed E-state index contributed by atoms with van der Waals surface area (Å²) in [6, 6.07) is 11.2. The second-order valence-electron chi connectivity index (χ2n) is 7.24. The molecule has 1 aromatic heterocycles. The molecule has 11 nitrogen and oxygen atoms in total. The highest BCUT2D eigenvalue weighted by Crippen LogP contribution is 2.22. The lowest BCUT2D eigenvalue weighted by Crippen LogP contribution is -2.48. The quantitative estimate of drug-likeness (QED) is 0.429. The van der Waals surface area contributed by atoms with Crippen LogP contribution >= 0.6 is 0 Å². The van der Waals surface area contributed by atoms with E-state index >= 15 is 0 Å². The molecule has 1 amide bonds. The van der Waals surface area contributed by atoms with Gasteiger partial charge in [-0.05, 0) is 30.3 Å². The summed E-state index contributed by atoms with van der Waals surface area (Å²) in [6.45, 7) is 1.61. The van der Waals surface area contributed by atoms with Gasteiger partial charge in [0.05, 0.1) is 16.0 Å². The molecular weight excluding hydrogens is 448 g/mol. The van der Waals surface area contributed by atoms with Gasteiger partial charge >= 0.3 is 0 Å². The highest BCUT2D eigenvalue weighted by atomic mass is 32.2. The number of carbonyl (C=O) groups excluding carboxylic acids is 1. The maximum atomic E-state index is 13.0. The lowest BCUT2D eigenvalue weighted by Gasteiger charge is -2.34. The molecule has 1 aliphatic heterocycles. The summed E-state index contributed by atoms with van der Waals surface area (Å²) in [5.74, 6) is 0.174. The molecule has 2 heterocycles. The second kappa shape index (κ2) is 9.30. The van der Waals surface area contributed by atoms with E-state index in [2.05, 4.69) is 15.3 Å². The van der Waals surface area contributed by atoms with Gasteiger partial charge in [0.2, 0.25) is 10.0 Å². The van der Waals surface area contributed by atoms with Crippen LogP contribution in [0.5, 0.6) is 0 Å². The van der Waals surface area contributed by atoms with E-state index in [-0.39, 0.29) is 16.1 Å². The third-order valence-corrected chi connectivity index (χ3v) is 7.09. The van der Waals surface area contributed by atoms with Crippen LogP contribution in [-0.4, -0.2) is 59.7 Å². The van der Waals surface area contributed by atoms with E-state index in [4.69, 9.17) is 0 Å². The van der Waals surface area contributed by atoms with Crippen LogP contribution in [0, 0.1) is 10.1 Å². The van der Waals surface area contributed by atoms with E-state index in [1.165, 1.54) is 52.8 Å². The van der Waals surface area contributed by atoms with Crippen LogP contribution in [0.3, 0.4) is 0 Å². The predicted octanol–water partition coefficient (Wildman–Crippen LogP) is 2.15. The van der Waals surface area contributed by atoms with Crippen molar-refractivity contribution >= 4 is 33.1 Å². The van der Waals surface area contributed by atoms with Gasteiger partial charge in [-0.1, -0.05) is 6.07 Å². The molecule has 0 unspecified atom stereocenters. The normalized spacial score (nSPS) is 14.6. The topological polar surface area (TPSA) is 139 Å². The number of nitro groups is 1. The number of nitrogens with zero attached hydrogens (tertiary/aromatic N) is 5. The first-order valence-electron chi connectivity index (χ1n) is 10.0. The van der Waals surface area contributed by atoms with Crippen molar-refractivity contribution < 1.29 is 18.1 Å². The fraction of sp³-hybridized carbons (Fsp3) is 0.190. The summed E-state index contributed by atoms with van der Waals surface area (Å²) in [5, 5.41) is 13.5. The van der Waals surface area contributed by atoms with E-state index < -0.39 is 20.9 Å². The Balaban J connectivity index is 1.41. The average Bonchev–Trinajstić information content (AvgIpc) is 2.85. The SMILES string of the molecule is O=C(Nc1ccc(S(=O)(=O)N2CCN(c3cnccn3)CC2)cc1)c1cccc([N+](=O)[O-])c1. The van der Waals surface area contributed by atoms with E-state index in [9.17, 15) is 23.3 Å². The summed E-state index contributed by atoms with van der Waals surface area (Å²) >= 11 is 0. The van der Waals surface area contributed by atoms with Gasteiger partial charge < -0.3 is 10.2 Å². The highest BCUT2D eigenvalue weighted by molar-refractivity contribution is 7.89. The molecule has 0 spiro atoms. The molecule has 0 atom stereocenters. The van der Waals surface area contributed by atoms with Crippen molar-refractivity contribution in [3.05, 3.63) is 82.8 Å². The molecule has 170 valence electrons. The van der Waals surface area contributed by atoms with Crippen LogP contribution in [0.1, 0.15) is 10.4 Å². The molecule has 1 saturated heterocycles. The second-order valence-corrected chi connectivity index (χ2v) is 9.18. The van der Waals surface area contributed by atoms with Gasteiger partial charge in [0, 0.05) is 62.0 Å². The van der Waals surface area contributed by atoms with Gasteiger partial charge in [0.15, 0.2) is 0 Å². The number of carbonyl (C=O) groups is 1. The third-order valence-electron chi connectivity index (χ3n) is 5.18. The number of benzene rings is 2. The number of nitro benzene ring substituents is 1. The number of hydrogen-bond donors (Lipinski definition) is 1. The number of sulfonamides is 1. The Hall–Kier alpha value is -3.90. The van der Waals surface area contributed by atoms with Gasteiger partial charge in [-0.15, -0.1) is 0 Å². The van der Waals surface area contributed by atoms with Crippen molar-refractivity contribution in [3.63, 3.8) is 0 Å². The van der Waals surface area contributed by atoms with Gasteiger partial charge in [-0.3, -0.25) is 19.9 Å². The molecule has 0 saturated carbocycles. The first kappa shape index (κ1) is 22.3. The highest BCUT2D eigenvalue weighted by Gasteiger charge is 2.29. The van der Waals surface area contributed by atoms with Crippen LogP contribution < -0.4 is 10.2 Å². The zero-order valence-electron chi connectivity index (χ0n) is 17.4. The van der Waals surface area contributed by atoms with Crippen LogP contribution in [0.15, 0.2) is 72.0 Å². The van der Waals surface area contributed by atoms with Crippen LogP contribution in [0.2, 0.25) is 0 Å². The van der Waals surface area contributed by atoms with Crippen molar-refractivity contribution in [1.82, 2.24) is 14.3 Å². The largest absolute Gasteiger partial charge is 0.353 e. The smallest absolute Gasteiger partial charge is 0.270 e. The van der Waals surface area contributed by atoms with Gasteiger partial charge in [0.25, 0.3) is 11.6 Å². The minimum absolute atomic E-state index is 0.115. The number of amides is 1. The summed E-state index contributed by atoms with van der Waals surface area (Å²) in [7, 11) is -3.70. The molecule has 33 heavy (non-hydrogen) atoms. The van der Waals surface area contributed by atoms with Crippen molar-refractivity contribution in [2.24, 2.45) is 0 Å². The van der Waals surface area contributed by atoms with Gasteiger partial charge in [-0.2, -0.15) is 4.31 Å². The fourth-order valence-electron chi connectivity index (χ4n) is 3.44. The van der Waals surface area contributed by atoms with E-state index in [1.807, 2.05) is 4.90 Å². The van der Waals surface area contributed by atoms with E-state index in [1.54, 1.807) is 18.6 Å². The Kier molecular flexibility index (Phi) is 6.29. The van der Waals surface area contributed by atoms with Crippen molar-refractivity contribution in [2.45, 2.75) is 4.90 Å². The molecule has 1 aliphatic rings. The molecule has 1 N–H and O–H groups in total. The molecule has 2 aromatic carbocycles. The minimum Gasteiger partial charge on any atom is -0.353 e. The zero-order valence-corrected chi connectivity index (χ0v) is 18.2. The maximum Gasteiger partial charge on any atom is 0.270 e. The molecule has 0 aliphatic carbocycles. The summed E-state index contributed by atoms with van der Waals surface area (Å²) in [6.07, 6.45) is 4.82. The van der Waals surface area contributed by atoms with Crippen molar-refractivity contribution in [3.8, 4) is 0 Å². The maximum absolute atomic E-state index is 13.0. The summed E-state index contributed by atoms with van der Waals surface area (Å²) in [4.78, 5) is 33.1. The average molecular weight is 468 g/mol. The van der Waals surface area contributed by atoms with Crippen LogP contribution in [-0.2, 0) is 10.0 Å². The zero-order chi connectivity index (χ0) is 23.4. The van der Waals surface area contributed by atoms with E-state index in [0.29, 0.717) is 37.7 Å². The Morgan fingerprint density at radius 2 is 1.76 bits per heavy atom. The monoisotopic (exact) mass is 468 g/mol. The van der Waals surface area contributed by atoms with Crippen molar-refractivity contribution in [1.29, 1.82) is 0 Å².